The van der Waals surface area contributed by atoms with Crippen LogP contribution in [0.4, 0.5) is 0 Å². The highest BCUT2D eigenvalue weighted by Crippen LogP contribution is 2.29. The zero-order valence-electron chi connectivity index (χ0n) is 20.4. The molecule has 5 heteroatoms. The minimum Gasteiger partial charge on any atom is -0.489 e. The van der Waals surface area contributed by atoms with E-state index in [0.717, 1.165) is 28.0 Å². The average Bonchev–Trinajstić information content (AvgIpc) is 2.94. The summed E-state index contributed by atoms with van der Waals surface area (Å²) >= 11 is 0. The van der Waals surface area contributed by atoms with E-state index in [-0.39, 0.29) is 9.79 Å². The summed E-state index contributed by atoms with van der Waals surface area (Å²) in [6.45, 7) is 2.46. The molecule has 5 rings (SSSR count). The third-order valence-electron chi connectivity index (χ3n) is 5.99. The lowest BCUT2D eigenvalue weighted by molar-refractivity contribution is 0.306. The van der Waals surface area contributed by atoms with Crippen LogP contribution in [-0.2, 0) is 16.4 Å². The van der Waals surface area contributed by atoms with Gasteiger partial charge in [0.25, 0.3) is 0 Å². The summed E-state index contributed by atoms with van der Waals surface area (Å²) in [6.07, 6.45) is 0. The molecule has 5 aromatic carbocycles. The Morgan fingerprint density at radius 2 is 1.00 bits per heavy atom. The van der Waals surface area contributed by atoms with Gasteiger partial charge in [0.05, 0.1) is 9.79 Å². The quantitative estimate of drug-likeness (QED) is 0.215. The monoisotopic (exact) mass is 506 g/mol. The standard InChI is InChI=1S/C32H26O4S/c1-24-7-19-31(20-8-24)37(33,34)32-21-17-30(18-22-32)36-29-15-11-27(12-16-29)26-9-13-28(14-10-26)35-23-25-5-3-2-4-6-25/h2-22H,23H2,1H3. The van der Waals surface area contributed by atoms with Crippen molar-refractivity contribution in [1.82, 2.24) is 0 Å². The van der Waals surface area contributed by atoms with Crippen LogP contribution in [0.1, 0.15) is 11.1 Å². The van der Waals surface area contributed by atoms with E-state index < -0.39 is 9.84 Å². The van der Waals surface area contributed by atoms with Gasteiger partial charge >= 0.3 is 0 Å². The Morgan fingerprint density at radius 1 is 0.541 bits per heavy atom. The second-order valence-corrected chi connectivity index (χ2v) is 10.7. The lowest BCUT2D eigenvalue weighted by atomic mass is 10.1. The molecule has 184 valence electrons. The molecule has 0 aliphatic heterocycles. The molecule has 0 spiro atoms. The molecule has 0 aliphatic rings. The molecule has 0 amide bonds. The van der Waals surface area contributed by atoms with Crippen LogP contribution in [0.5, 0.6) is 17.2 Å². The fourth-order valence-electron chi connectivity index (χ4n) is 3.88. The fraction of sp³-hybridized carbons (Fsp3) is 0.0625. The molecule has 0 aromatic heterocycles. The molecule has 37 heavy (non-hydrogen) atoms. The van der Waals surface area contributed by atoms with E-state index in [0.29, 0.717) is 18.1 Å². The largest absolute Gasteiger partial charge is 0.489 e. The van der Waals surface area contributed by atoms with E-state index in [4.69, 9.17) is 9.47 Å². The second kappa shape index (κ2) is 10.7. The topological polar surface area (TPSA) is 52.6 Å². The first-order valence-corrected chi connectivity index (χ1v) is 13.4. The zero-order chi connectivity index (χ0) is 25.7. The molecular weight excluding hydrogens is 480 g/mol. The number of ether oxygens (including phenoxy) is 2. The Hall–Kier alpha value is -4.35. The molecular formula is C32H26O4S. The molecule has 0 unspecified atom stereocenters. The van der Waals surface area contributed by atoms with E-state index in [1.807, 2.05) is 85.8 Å². The minimum atomic E-state index is -3.57. The van der Waals surface area contributed by atoms with Crippen LogP contribution >= 0.6 is 0 Å². The Labute approximate surface area is 217 Å². The Bertz CT molecular complexity index is 1560. The minimum absolute atomic E-state index is 0.232. The van der Waals surface area contributed by atoms with Crippen molar-refractivity contribution in [3.05, 3.63) is 139 Å². The molecule has 0 fully saturated rings. The summed E-state index contributed by atoms with van der Waals surface area (Å²) in [5.41, 5.74) is 4.27. The van der Waals surface area contributed by atoms with Crippen LogP contribution in [0.15, 0.2) is 137 Å². The summed E-state index contributed by atoms with van der Waals surface area (Å²) in [6, 6.07) is 39.2. The Balaban J connectivity index is 1.21. The number of rotatable bonds is 8. The first kappa shape index (κ1) is 24.3. The summed E-state index contributed by atoms with van der Waals surface area (Å²) in [7, 11) is -3.57. The fourth-order valence-corrected chi connectivity index (χ4v) is 5.14. The van der Waals surface area contributed by atoms with E-state index >= 15 is 0 Å². The van der Waals surface area contributed by atoms with Gasteiger partial charge in [-0.2, -0.15) is 0 Å². The molecule has 0 N–H and O–H groups in total. The molecule has 5 aromatic rings. The van der Waals surface area contributed by atoms with Crippen LogP contribution in [0.25, 0.3) is 11.1 Å². The van der Waals surface area contributed by atoms with E-state index in [1.54, 1.807) is 48.5 Å². The number of aryl methyl sites for hydroxylation is 1. The number of hydrogen-bond donors (Lipinski definition) is 0. The molecule has 0 atom stereocenters. The normalized spacial score (nSPS) is 11.2. The van der Waals surface area contributed by atoms with Crippen molar-refractivity contribution in [3.8, 4) is 28.4 Å². The third kappa shape index (κ3) is 5.90. The van der Waals surface area contributed by atoms with E-state index in [1.165, 1.54) is 0 Å². The maximum absolute atomic E-state index is 12.9. The average molecular weight is 507 g/mol. The van der Waals surface area contributed by atoms with Gasteiger partial charge in [-0.3, -0.25) is 0 Å². The molecule has 0 aliphatic carbocycles. The van der Waals surface area contributed by atoms with Crippen molar-refractivity contribution in [2.24, 2.45) is 0 Å². The lowest BCUT2D eigenvalue weighted by Gasteiger charge is -2.10. The van der Waals surface area contributed by atoms with Crippen molar-refractivity contribution in [2.45, 2.75) is 23.3 Å². The predicted octanol–water partition coefficient (Wildman–Crippen LogP) is 7.87. The predicted molar refractivity (Wildman–Crippen MR) is 146 cm³/mol. The number of sulfone groups is 1. The summed E-state index contributed by atoms with van der Waals surface area (Å²) in [4.78, 5) is 0.508. The van der Waals surface area contributed by atoms with Crippen LogP contribution < -0.4 is 9.47 Å². The Morgan fingerprint density at radius 3 is 1.54 bits per heavy atom. The smallest absolute Gasteiger partial charge is 0.206 e. The third-order valence-corrected chi connectivity index (χ3v) is 7.78. The van der Waals surface area contributed by atoms with Gasteiger partial charge in [-0.15, -0.1) is 0 Å². The molecule has 0 saturated heterocycles. The van der Waals surface area contributed by atoms with Crippen LogP contribution in [0, 0.1) is 6.92 Å². The van der Waals surface area contributed by atoms with Crippen molar-refractivity contribution in [1.29, 1.82) is 0 Å². The van der Waals surface area contributed by atoms with Gasteiger partial charge in [0, 0.05) is 0 Å². The first-order valence-electron chi connectivity index (χ1n) is 11.9. The lowest BCUT2D eigenvalue weighted by Crippen LogP contribution is -2.01. The van der Waals surface area contributed by atoms with Gasteiger partial charge in [0.15, 0.2) is 0 Å². The summed E-state index contributed by atoms with van der Waals surface area (Å²) < 4.78 is 37.5. The maximum Gasteiger partial charge on any atom is 0.206 e. The SMILES string of the molecule is Cc1ccc(S(=O)(=O)c2ccc(Oc3ccc(-c4ccc(OCc5ccccc5)cc4)cc3)cc2)cc1. The molecule has 0 heterocycles. The van der Waals surface area contributed by atoms with E-state index in [2.05, 4.69) is 0 Å². The van der Waals surface area contributed by atoms with Crippen molar-refractivity contribution in [2.75, 3.05) is 0 Å². The van der Waals surface area contributed by atoms with Crippen LogP contribution in [0.3, 0.4) is 0 Å². The molecule has 0 bridgehead atoms. The van der Waals surface area contributed by atoms with Crippen molar-refractivity contribution < 1.29 is 17.9 Å². The van der Waals surface area contributed by atoms with Crippen LogP contribution in [0.2, 0.25) is 0 Å². The Kier molecular flexibility index (Phi) is 7.06. The van der Waals surface area contributed by atoms with Crippen molar-refractivity contribution >= 4 is 9.84 Å². The first-order chi connectivity index (χ1) is 18.0. The summed E-state index contributed by atoms with van der Waals surface area (Å²) in [5, 5.41) is 0. The van der Waals surface area contributed by atoms with Crippen molar-refractivity contribution in [3.63, 3.8) is 0 Å². The van der Waals surface area contributed by atoms with Gasteiger partial charge in [-0.1, -0.05) is 72.3 Å². The van der Waals surface area contributed by atoms with Gasteiger partial charge in [0.2, 0.25) is 9.84 Å². The highest BCUT2D eigenvalue weighted by atomic mass is 32.2. The molecule has 4 nitrogen and oxygen atoms in total. The van der Waals surface area contributed by atoms with E-state index in [9.17, 15) is 8.42 Å². The number of benzene rings is 5. The second-order valence-electron chi connectivity index (χ2n) is 8.71. The van der Waals surface area contributed by atoms with Gasteiger partial charge in [-0.25, -0.2) is 8.42 Å². The van der Waals surface area contributed by atoms with Crippen LogP contribution in [-0.4, -0.2) is 8.42 Å². The maximum atomic E-state index is 12.9. The molecule has 0 radical (unpaired) electrons. The zero-order valence-corrected chi connectivity index (χ0v) is 21.2. The summed E-state index contributed by atoms with van der Waals surface area (Å²) in [5.74, 6) is 2.05. The van der Waals surface area contributed by atoms with Gasteiger partial charge < -0.3 is 9.47 Å². The number of hydrogen-bond acceptors (Lipinski definition) is 4. The highest BCUT2D eigenvalue weighted by molar-refractivity contribution is 7.91. The molecule has 0 saturated carbocycles. The van der Waals surface area contributed by atoms with Gasteiger partial charge in [0.1, 0.15) is 23.9 Å². The van der Waals surface area contributed by atoms with Gasteiger partial charge in [-0.05, 0) is 84.3 Å². The highest BCUT2D eigenvalue weighted by Gasteiger charge is 2.17.